The smallest absolute Gasteiger partial charge is 0.332 e. The molecule has 2 aromatic rings. The monoisotopic (exact) mass is 232 g/mol. The van der Waals surface area contributed by atoms with Crippen molar-refractivity contribution in [1.29, 1.82) is 0 Å². The lowest BCUT2D eigenvalue weighted by atomic mass is 10.2. The van der Waals surface area contributed by atoms with Crippen LogP contribution >= 0.6 is 0 Å². The predicted molar refractivity (Wildman–Crippen MR) is 59.8 cm³/mol. The van der Waals surface area contributed by atoms with E-state index in [0.29, 0.717) is 5.56 Å². The summed E-state index contributed by atoms with van der Waals surface area (Å²) in [6.07, 6.45) is 1.15. The Kier molecular flexibility index (Phi) is 2.87. The summed E-state index contributed by atoms with van der Waals surface area (Å²) < 4.78 is 4.84. The second-order valence-corrected chi connectivity index (χ2v) is 3.21. The average Bonchev–Trinajstić information content (AvgIpc) is 2.78. The number of amides is 1. The van der Waals surface area contributed by atoms with Crippen LogP contribution in [0.25, 0.3) is 0 Å². The second-order valence-electron chi connectivity index (χ2n) is 3.21. The van der Waals surface area contributed by atoms with Crippen molar-refractivity contribution in [2.75, 3.05) is 5.32 Å². The molecule has 6 heteroatoms. The normalized spacial score (nSPS) is 9.88. The third-order valence-electron chi connectivity index (χ3n) is 2.10. The molecule has 2 rings (SSSR count). The van der Waals surface area contributed by atoms with Crippen LogP contribution in [0.1, 0.15) is 10.4 Å². The topological polar surface area (TPSA) is 85.4 Å². The molecule has 0 aliphatic carbocycles. The van der Waals surface area contributed by atoms with Crippen molar-refractivity contribution in [2.45, 2.75) is 0 Å². The summed E-state index contributed by atoms with van der Waals surface area (Å²) in [6, 6.07) is 9.55. The molecule has 0 saturated heterocycles. The maximum absolute atomic E-state index is 11.7. The zero-order valence-electron chi connectivity index (χ0n) is 8.62. The standard InChI is InChI=1S/C11H8N2O4/c14-10(8-4-2-1-3-5-8)12-11-9(13(15)16)6-7-17-11/h1-7H,(H,12,14). The number of benzene rings is 1. The van der Waals surface area contributed by atoms with Gasteiger partial charge < -0.3 is 4.42 Å². The molecule has 0 bridgehead atoms. The molecule has 86 valence electrons. The van der Waals surface area contributed by atoms with Crippen LogP contribution in [0, 0.1) is 10.1 Å². The molecule has 1 amide bonds. The highest BCUT2D eigenvalue weighted by molar-refractivity contribution is 6.04. The highest BCUT2D eigenvalue weighted by atomic mass is 16.6. The van der Waals surface area contributed by atoms with E-state index in [-0.39, 0.29) is 11.6 Å². The molecule has 0 fully saturated rings. The van der Waals surface area contributed by atoms with Crippen LogP contribution in [-0.2, 0) is 0 Å². The molecular formula is C11H8N2O4. The van der Waals surface area contributed by atoms with E-state index in [9.17, 15) is 14.9 Å². The number of hydrogen-bond acceptors (Lipinski definition) is 4. The first-order valence-electron chi connectivity index (χ1n) is 4.77. The Morgan fingerprint density at radius 1 is 1.24 bits per heavy atom. The van der Waals surface area contributed by atoms with Crippen molar-refractivity contribution in [3.05, 3.63) is 58.3 Å². The van der Waals surface area contributed by atoms with Gasteiger partial charge in [0, 0.05) is 5.56 Å². The first-order valence-corrected chi connectivity index (χ1v) is 4.77. The van der Waals surface area contributed by atoms with Crippen LogP contribution in [0.2, 0.25) is 0 Å². The van der Waals surface area contributed by atoms with Crippen LogP contribution in [0.4, 0.5) is 11.6 Å². The van der Waals surface area contributed by atoms with Crippen molar-refractivity contribution >= 4 is 17.5 Å². The number of carbonyl (C=O) groups excluding carboxylic acids is 1. The molecule has 17 heavy (non-hydrogen) atoms. The first-order chi connectivity index (χ1) is 8.18. The lowest BCUT2D eigenvalue weighted by molar-refractivity contribution is -0.384. The number of carbonyl (C=O) groups is 1. The Morgan fingerprint density at radius 2 is 1.94 bits per heavy atom. The number of nitrogens with one attached hydrogen (secondary N) is 1. The summed E-state index contributed by atoms with van der Waals surface area (Å²) in [5, 5.41) is 12.9. The maximum Gasteiger partial charge on any atom is 0.332 e. The van der Waals surface area contributed by atoms with Gasteiger partial charge in [-0.3, -0.25) is 20.2 Å². The summed E-state index contributed by atoms with van der Waals surface area (Å²) >= 11 is 0. The van der Waals surface area contributed by atoms with Crippen LogP contribution in [0.3, 0.4) is 0 Å². The molecule has 0 spiro atoms. The summed E-state index contributed by atoms with van der Waals surface area (Å²) in [7, 11) is 0. The predicted octanol–water partition coefficient (Wildman–Crippen LogP) is 2.44. The van der Waals surface area contributed by atoms with Crippen molar-refractivity contribution in [3.63, 3.8) is 0 Å². The van der Waals surface area contributed by atoms with E-state index in [1.165, 1.54) is 6.07 Å². The van der Waals surface area contributed by atoms with Gasteiger partial charge in [-0.15, -0.1) is 0 Å². The van der Waals surface area contributed by atoms with Gasteiger partial charge in [-0.25, -0.2) is 0 Å². The van der Waals surface area contributed by atoms with E-state index in [1.807, 2.05) is 0 Å². The number of nitrogens with zero attached hydrogens (tertiary/aromatic N) is 1. The van der Waals surface area contributed by atoms with Gasteiger partial charge >= 0.3 is 5.69 Å². The largest absolute Gasteiger partial charge is 0.443 e. The minimum Gasteiger partial charge on any atom is -0.443 e. The van der Waals surface area contributed by atoms with Gasteiger partial charge in [0.05, 0.1) is 11.0 Å². The highest BCUT2D eigenvalue weighted by Gasteiger charge is 2.19. The SMILES string of the molecule is O=C(Nc1occc1[N+](=O)[O-])c1ccccc1. The lowest BCUT2D eigenvalue weighted by Gasteiger charge is -2.00. The summed E-state index contributed by atoms with van der Waals surface area (Å²) in [5.41, 5.74) is 0.132. The van der Waals surface area contributed by atoms with Gasteiger partial charge in [0.25, 0.3) is 11.8 Å². The molecule has 6 nitrogen and oxygen atoms in total. The average molecular weight is 232 g/mol. The number of rotatable bonds is 3. The third-order valence-corrected chi connectivity index (χ3v) is 2.10. The molecular weight excluding hydrogens is 224 g/mol. The molecule has 1 N–H and O–H groups in total. The minimum absolute atomic E-state index is 0.163. The van der Waals surface area contributed by atoms with Crippen molar-refractivity contribution in [3.8, 4) is 0 Å². The van der Waals surface area contributed by atoms with Crippen LogP contribution in [0.15, 0.2) is 47.1 Å². The van der Waals surface area contributed by atoms with Gasteiger partial charge in [-0.2, -0.15) is 0 Å². The van der Waals surface area contributed by atoms with Gasteiger partial charge in [0.15, 0.2) is 0 Å². The van der Waals surface area contributed by atoms with Gasteiger partial charge in [0.2, 0.25) is 0 Å². The highest BCUT2D eigenvalue weighted by Crippen LogP contribution is 2.25. The van der Waals surface area contributed by atoms with Crippen LogP contribution in [-0.4, -0.2) is 10.8 Å². The number of hydrogen-bond donors (Lipinski definition) is 1. The fraction of sp³-hybridized carbons (Fsp3) is 0. The first kappa shape index (κ1) is 10.9. The van der Waals surface area contributed by atoms with E-state index in [1.54, 1.807) is 30.3 Å². The summed E-state index contributed by atoms with van der Waals surface area (Å²) in [5.74, 6) is -0.618. The Balaban J connectivity index is 2.19. The molecule has 0 unspecified atom stereocenters. The Labute approximate surface area is 96.0 Å². The van der Waals surface area contributed by atoms with E-state index in [0.717, 1.165) is 6.26 Å². The molecule has 1 aromatic heterocycles. The van der Waals surface area contributed by atoms with E-state index < -0.39 is 10.8 Å². The fourth-order valence-corrected chi connectivity index (χ4v) is 1.30. The maximum atomic E-state index is 11.7. The summed E-state index contributed by atoms with van der Waals surface area (Å²) in [4.78, 5) is 21.7. The zero-order chi connectivity index (χ0) is 12.3. The molecule has 1 aromatic carbocycles. The van der Waals surface area contributed by atoms with E-state index in [4.69, 9.17) is 4.42 Å². The van der Waals surface area contributed by atoms with Gasteiger partial charge in [0.1, 0.15) is 6.26 Å². The molecule has 0 atom stereocenters. The van der Waals surface area contributed by atoms with Crippen LogP contribution in [0.5, 0.6) is 0 Å². The Hall–Kier alpha value is -2.63. The van der Waals surface area contributed by atoms with Crippen molar-refractivity contribution < 1.29 is 14.1 Å². The number of nitro groups is 1. The quantitative estimate of drug-likeness (QED) is 0.650. The van der Waals surface area contributed by atoms with Crippen molar-refractivity contribution in [2.24, 2.45) is 0 Å². The van der Waals surface area contributed by atoms with E-state index >= 15 is 0 Å². The molecule has 1 heterocycles. The Morgan fingerprint density at radius 3 is 2.59 bits per heavy atom. The minimum atomic E-state index is -0.621. The third kappa shape index (κ3) is 2.31. The van der Waals surface area contributed by atoms with Gasteiger partial charge in [-0.1, -0.05) is 18.2 Å². The zero-order valence-corrected chi connectivity index (χ0v) is 8.62. The number of anilines is 1. The summed E-state index contributed by atoms with van der Waals surface area (Å²) in [6.45, 7) is 0. The number of furan rings is 1. The Bertz CT molecular complexity index is 548. The fourth-order valence-electron chi connectivity index (χ4n) is 1.30. The van der Waals surface area contributed by atoms with Crippen LogP contribution < -0.4 is 5.32 Å². The van der Waals surface area contributed by atoms with Gasteiger partial charge in [-0.05, 0) is 12.1 Å². The molecule has 0 saturated carbocycles. The van der Waals surface area contributed by atoms with E-state index in [2.05, 4.69) is 5.32 Å². The molecule has 0 aliphatic rings. The second kappa shape index (κ2) is 4.48. The van der Waals surface area contributed by atoms with Crippen molar-refractivity contribution in [1.82, 2.24) is 0 Å². The lowest BCUT2D eigenvalue weighted by Crippen LogP contribution is -2.11. The molecule has 0 radical (unpaired) electrons. The molecule has 0 aliphatic heterocycles.